The number of hydrogen-bond acceptors (Lipinski definition) is 2. The fraction of sp³-hybridized carbons (Fsp3) is 1.00. The number of likely N-dealkylation sites (N-methyl/N-ethyl adjacent to an activating group) is 1. The molecule has 1 unspecified atom stereocenters. The number of nitrogens with one attached hydrogen (secondary N) is 1. The molecule has 0 aromatic carbocycles. The van der Waals surface area contributed by atoms with Crippen LogP contribution in [-0.4, -0.2) is 37.1 Å². The van der Waals surface area contributed by atoms with E-state index in [0.29, 0.717) is 6.04 Å². The standard InChI is InChI=1S/C18H34N2/c1-4-20(5-2)12-13(3)19-11-18-16-7-14-6-15(9-16)10-17(18)8-14/h13-19H,4-12H2,1-3H3. The second kappa shape index (κ2) is 6.36. The summed E-state index contributed by atoms with van der Waals surface area (Å²) < 4.78 is 0. The molecule has 0 radical (unpaired) electrons. The first kappa shape index (κ1) is 14.8. The van der Waals surface area contributed by atoms with E-state index in [9.17, 15) is 0 Å². The van der Waals surface area contributed by atoms with Gasteiger partial charge in [0, 0.05) is 12.6 Å². The van der Waals surface area contributed by atoms with Crippen LogP contribution in [0.15, 0.2) is 0 Å². The Hall–Kier alpha value is -0.0800. The minimum absolute atomic E-state index is 0.645. The normalized spacial score (nSPS) is 40.5. The predicted molar refractivity (Wildman–Crippen MR) is 85.8 cm³/mol. The van der Waals surface area contributed by atoms with Crippen LogP contribution in [0.3, 0.4) is 0 Å². The Kier molecular flexibility index (Phi) is 4.72. The van der Waals surface area contributed by atoms with Crippen molar-refractivity contribution in [2.75, 3.05) is 26.2 Å². The summed E-state index contributed by atoms with van der Waals surface area (Å²) in [6.45, 7) is 11.8. The van der Waals surface area contributed by atoms with Gasteiger partial charge in [0.05, 0.1) is 0 Å². The van der Waals surface area contributed by atoms with E-state index < -0.39 is 0 Å². The summed E-state index contributed by atoms with van der Waals surface area (Å²) in [4.78, 5) is 2.54. The summed E-state index contributed by atoms with van der Waals surface area (Å²) in [5, 5.41) is 3.87. The lowest BCUT2D eigenvalue weighted by Gasteiger charge is -2.54. The van der Waals surface area contributed by atoms with Crippen molar-refractivity contribution in [1.29, 1.82) is 0 Å². The van der Waals surface area contributed by atoms with E-state index in [1.54, 1.807) is 32.1 Å². The molecule has 116 valence electrons. The number of rotatable bonds is 7. The van der Waals surface area contributed by atoms with Crippen molar-refractivity contribution in [2.45, 2.75) is 58.9 Å². The molecule has 0 aromatic rings. The molecule has 0 amide bonds. The van der Waals surface area contributed by atoms with Crippen LogP contribution in [0.2, 0.25) is 0 Å². The summed E-state index contributed by atoms with van der Waals surface area (Å²) in [6, 6.07) is 0.645. The molecule has 2 heteroatoms. The van der Waals surface area contributed by atoms with Crippen LogP contribution in [0.1, 0.15) is 52.9 Å². The fourth-order valence-corrected chi connectivity index (χ4v) is 5.64. The first-order valence-corrected chi connectivity index (χ1v) is 9.15. The van der Waals surface area contributed by atoms with Crippen molar-refractivity contribution in [3.63, 3.8) is 0 Å². The van der Waals surface area contributed by atoms with Crippen LogP contribution in [0.25, 0.3) is 0 Å². The molecule has 0 spiro atoms. The van der Waals surface area contributed by atoms with Gasteiger partial charge < -0.3 is 10.2 Å². The zero-order valence-electron chi connectivity index (χ0n) is 13.8. The average Bonchev–Trinajstić information content (AvgIpc) is 2.43. The quantitative estimate of drug-likeness (QED) is 0.768. The van der Waals surface area contributed by atoms with Gasteiger partial charge in [0.25, 0.3) is 0 Å². The fourth-order valence-electron chi connectivity index (χ4n) is 5.64. The number of nitrogens with zero attached hydrogens (tertiary/aromatic N) is 1. The van der Waals surface area contributed by atoms with Crippen molar-refractivity contribution in [3.05, 3.63) is 0 Å². The van der Waals surface area contributed by atoms with Gasteiger partial charge in [-0.2, -0.15) is 0 Å². The summed E-state index contributed by atoms with van der Waals surface area (Å²) in [7, 11) is 0. The third-order valence-corrected chi connectivity index (χ3v) is 6.55. The first-order chi connectivity index (χ1) is 9.69. The van der Waals surface area contributed by atoms with Gasteiger partial charge in [-0.15, -0.1) is 0 Å². The SMILES string of the molecule is CCN(CC)CC(C)NCC1C2CC3CC(C2)CC1C3. The Balaban J connectivity index is 1.46. The Morgan fingerprint density at radius 1 is 0.950 bits per heavy atom. The maximum atomic E-state index is 3.87. The van der Waals surface area contributed by atoms with Crippen molar-refractivity contribution < 1.29 is 0 Å². The monoisotopic (exact) mass is 278 g/mol. The highest BCUT2D eigenvalue weighted by Crippen LogP contribution is 2.56. The maximum absolute atomic E-state index is 3.87. The molecular formula is C18H34N2. The molecule has 4 aliphatic rings. The van der Waals surface area contributed by atoms with Gasteiger partial charge in [-0.05, 0) is 88.3 Å². The molecule has 2 nitrogen and oxygen atoms in total. The highest BCUT2D eigenvalue weighted by molar-refractivity contribution is 4.98. The second-order valence-electron chi connectivity index (χ2n) is 7.89. The van der Waals surface area contributed by atoms with Crippen LogP contribution in [0.4, 0.5) is 0 Å². The van der Waals surface area contributed by atoms with Gasteiger partial charge in [0.2, 0.25) is 0 Å². The molecule has 4 aliphatic carbocycles. The molecule has 0 heterocycles. The predicted octanol–water partition coefficient (Wildman–Crippen LogP) is 3.38. The molecule has 0 aliphatic heterocycles. The first-order valence-electron chi connectivity index (χ1n) is 9.15. The van der Waals surface area contributed by atoms with E-state index >= 15 is 0 Å². The number of hydrogen-bond donors (Lipinski definition) is 1. The molecule has 4 rings (SSSR count). The van der Waals surface area contributed by atoms with Gasteiger partial charge >= 0.3 is 0 Å². The van der Waals surface area contributed by atoms with Crippen molar-refractivity contribution in [3.8, 4) is 0 Å². The van der Waals surface area contributed by atoms with Gasteiger partial charge in [0.1, 0.15) is 0 Å². The molecule has 4 saturated carbocycles. The molecule has 0 aromatic heterocycles. The summed E-state index contributed by atoms with van der Waals surface area (Å²) >= 11 is 0. The molecular weight excluding hydrogens is 244 g/mol. The highest BCUT2D eigenvalue weighted by atomic mass is 15.1. The Labute approximate surface area is 125 Å². The van der Waals surface area contributed by atoms with Crippen LogP contribution in [0, 0.1) is 29.6 Å². The van der Waals surface area contributed by atoms with E-state index in [1.165, 1.54) is 26.2 Å². The van der Waals surface area contributed by atoms with Gasteiger partial charge in [-0.3, -0.25) is 0 Å². The van der Waals surface area contributed by atoms with E-state index in [-0.39, 0.29) is 0 Å². The minimum atomic E-state index is 0.645. The van der Waals surface area contributed by atoms with E-state index in [1.807, 2.05) is 0 Å². The minimum Gasteiger partial charge on any atom is -0.313 e. The van der Waals surface area contributed by atoms with E-state index in [2.05, 4.69) is 31.0 Å². The maximum Gasteiger partial charge on any atom is 0.0166 e. The zero-order chi connectivity index (χ0) is 14.1. The molecule has 20 heavy (non-hydrogen) atoms. The smallest absolute Gasteiger partial charge is 0.0166 e. The van der Waals surface area contributed by atoms with Crippen LogP contribution < -0.4 is 5.32 Å². The van der Waals surface area contributed by atoms with Gasteiger partial charge in [-0.1, -0.05) is 13.8 Å². The third kappa shape index (κ3) is 3.06. The van der Waals surface area contributed by atoms with E-state index in [4.69, 9.17) is 0 Å². The topological polar surface area (TPSA) is 15.3 Å². The largest absolute Gasteiger partial charge is 0.313 e. The lowest BCUT2D eigenvalue weighted by molar-refractivity contribution is -0.0364. The van der Waals surface area contributed by atoms with Crippen molar-refractivity contribution in [1.82, 2.24) is 10.2 Å². The molecule has 4 fully saturated rings. The van der Waals surface area contributed by atoms with Gasteiger partial charge in [-0.25, -0.2) is 0 Å². The molecule has 1 N–H and O–H groups in total. The Morgan fingerprint density at radius 2 is 1.50 bits per heavy atom. The summed E-state index contributed by atoms with van der Waals surface area (Å²) in [6.07, 6.45) is 7.81. The lowest BCUT2D eigenvalue weighted by atomic mass is 9.52. The van der Waals surface area contributed by atoms with Crippen molar-refractivity contribution >= 4 is 0 Å². The molecule has 0 saturated heterocycles. The summed E-state index contributed by atoms with van der Waals surface area (Å²) in [5.41, 5.74) is 0. The summed E-state index contributed by atoms with van der Waals surface area (Å²) in [5.74, 6) is 5.37. The van der Waals surface area contributed by atoms with E-state index in [0.717, 1.165) is 29.6 Å². The molecule has 4 bridgehead atoms. The highest BCUT2D eigenvalue weighted by Gasteiger charge is 2.47. The second-order valence-corrected chi connectivity index (χ2v) is 7.89. The Bertz CT molecular complexity index is 283. The van der Waals surface area contributed by atoms with Gasteiger partial charge in [0.15, 0.2) is 0 Å². The zero-order valence-corrected chi connectivity index (χ0v) is 13.8. The lowest BCUT2D eigenvalue weighted by Crippen LogP contribution is -2.50. The van der Waals surface area contributed by atoms with Crippen molar-refractivity contribution in [2.24, 2.45) is 29.6 Å². The van der Waals surface area contributed by atoms with Crippen LogP contribution in [0.5, 0.6) is 0 Å². The average molecular weight is 278 g/mol. The Morgan fingerprint density at radius 3 is 2.00 bits per heavy atom. The molecule has 1 atom stereocenters. The van der Waals surface area contributed by atoms with Crippen LogP contribution >= 0.6 is 0 Å². The van der Waals surface area contributed by atoms with Crippen LogP contribution in [-0.2, 0) is 0 Å². The third-order valence-electron chi connectivity index (χ3n) is 6.55.